The average molecular weight is 270 g/mol. The fourth-order valence-corrected chi connectivity index (χ4v) is 4.35. The number of sulfone groups is 1. The molecular weight excluding hydrogens is 252 g/mol. The molecule has 0 saturated carbocycles. The summed E-state index contributed by atoms with van der Waals surface area (Å²) in [6.07, 6.45) is 5.44. The fraction of sp³-hybridized carbons (Fsp3) is 0.750. The lowest BCUT2D eigenvalue weighted by Crippen LogP contribution is -2.22. The lowest BCUT2D eigenvalue weighted by molar-refractivity contribution is 0.0780. The molecule has 100 valence electrons. The molecule has 0 spiro atoms. The number of aryl methyl sites for hydroxylation is 1. The zero-order valence-corrected chi connectivity index (χ0v) is 11.1. The molecule has 1 unspecified atom stereocenters. The van der Waals surface area contributed by atoms with Crippen LogP contribution in [0.1, 0.15) is 49.3 Å². The zero-order valence-electron chi connectivity index (χ0n) is 10.2. The molecule has 1 aromatic rings. The van der Waals surface area contributed by atoms with E-state index in [1.165, 1.54) is 0 Å². The van der Waals surface area contributed by atoms with Crippen molar-refractivity contribution < 1.29 is 13.5 Å². The van der Waals surface area contributed by atoms with E-state index in [1.807, 2.05) is 10.8 Å². The smallest absolute Gasteiger partial charge is 0.150 e. The van der Waals surface area contributed by atoms with E-state index in [0.717, 1.165) is 30.8 Å². The summed E-state index contributed by atoms with van der Waals surface area (Å²) in [4.78, 5) is 4.58. The van der Waals surface area contributed by atoms with Gasteiger partial charge in [-0.05, 0) is 25.7 Å². The highest BCUT2D eigenvalue weighted by Crippen LogP contribution is 2.31. The lowest BCUT2D eigenvalue weighted by atomic mass is 10.00. The highest BCUT2D eigenvalue weighted by molar-refractivity contribution is 7.91. The zero-order chi connectivity index (χ0) is 12.8. The number of nitrogens with zero attached hydrogens (tertiary/aromatic N) is 2. The number of aliphatic hydroxyl groups is 1. The molecule has 3 rings (SSSR count). The third-order valence-corrected chi connectivity index (χ3v) is 5.70. The minimum atomic E-state index is -2.82. The molecule has 5 nitrogen and oxygen atoms in total. The van der Waals surface area contributed by atoms with Crippen molar-refractivity contribution in [2.75, 3.05) is 11.5 Å². The van der Waals surface area contributed by atoms with Gasteiger partial charge < -0.3 is 9.67 Å². The summed E-state index contributed by atoms with van der Waals surface area (Å²) in [5.74, 6) is 1.71. The fourth-order valence-electron chi connectivity index (χ4n) is 2.86. The summed E-state index contributed by atoms with van der Waals surface area (Å²) < 4.78 is 24.7. The van der Waals surface area contributed by atoms with Crippen molar-refractivity contribution in [3.63, 3.8) is 0 Å². The van der Waals surface area contributed by atoms with Crippen LogP contribution >= 0.6 is 0 Å². The molecule has 1 atom stereocenters. The maximum atomic E-state index is 11.4. The first kappa shape index (κ1) is 12.2. The van der Waals surface area contributed by atoms with Crippen molar-refractivity contribution >= 4 is 9.84 Å². The Hall–Kier alpha value is -0.880. The molecule has 1 N–H and O–H groups in total. The van der Waals surface area contributed by atoms with Crippen molar-refractivity contribution in [3.05, 3.63) is 17.7 Å². The van der Waals surface area contributed by atoms with E-state index in [4.69, 9.17) is 0 Å². The van der Waals surface area contributed by atoms with Crippen LogP contribution in [0.15, 0.2) is 6.20 Å². The Morgan fingerprint density at radius 1 is 1.28 bits per heavy atom. The van der Waals surface area contributed by atoms with Crippen LogP contribution in [0.4, 0.5) is 0 Å². The summed E-state index contributed by atoms with van der Waals surface area (Å²) in [5.41, 5.74) is 0.959. The quantitative estimate of drug-likeness (QED) is 0.826. The number of rotatable bonds is 1. The van der Waals surface area contributed by atoms with Gasteiger partial charge in [-0.1, -0.05) is 0 Å². The van der Waals surface area contributed by atoms with E-state index in [1.54, 1.807) is 0 Å². The van der Waals surface area contributed by atoms with Gasteiger partial charge in [-0.15, -0.1) is 0 Å². The van der Waals surface area contributed by atoms with Gasteiger partial charge in [-0.3, -0.25) is 0 Å². The number of fused-ring (bicyclic) bond motifs is 1. The molecule has 6 heteroatoms. The third-order valence-electron chi connectivity index (χ3n) is 3.98. The van der Waals surface area contributed by atoms with Gasteiger partial charge in [0.05, 0.1) is 17.2 Å². The van der Waals surface area contributed by atoms with Crippen LogP contribution in [0.2, 0.25) is 0 Å². The van der Waals surface area contributed by atoms with E-state index in [0.29, 0.717) is 12.8 Å². The molecule has 1 saturated heterocycles. The van der Waals surface area contributed by atoms with E-state index in [2.05, 4.69) is 4.98 Å². The largest absolute Gasteiger partial charge is 0.373 e. The van der Waals surface area contributed by atoms with E-state index >= 15 is 0 Å². The molecule has 0 amide bonds. The maximum Gasteiger partial charge on any atom is 0.150 e. The van der Waals surface area contributed by atoms with Gasteiger partial charge in [0.15, 0.2) is 0 Å². The topological polar surface area (TPSA) is 72.2 Å². The van der Waals surface area contributed by atoms with Gasteiger partial charge in [0, 0.05) is 18.5 Å². The highest BCUT2D eigenvalue weighted by atomic mass is 32.2. The number of imidazole rings is 1. The Kier molecular flexibility index (Phi) is 2.94. The van der Waals surface area contributed by atoms with E-state index < -0.39 is 16.1 Å². The van der Waals surface area contributed by atoms with Crippen molar-refractivity contribution in [1.82, 2.24) is 9.55 Å². The summed E-state index contributed by atoms with van der Waals surface area (Å²) in [6, 6.07) is 0. The number of hydrogen-bond acceptors (Lipinski definition) is 4. The van der Waals surface area contributed by atoms with Gasteiger partial charge in [-0.2, -0.15) is 0 Å². The summed E-state index contributed by atoms with van der Waals surface area (Å²) >= 11 is 0. The molecule has 2 aliphatic rings. The number of hydrogen-bond donors (Lipinski definition) is 1. The molecule has 1 aromatic heterocycles. The van der Waals surface area contributed by atoms with Crippen LogP contribution in [-0.2, 0) is 16.3 Å². The third kappa shape index (κ3) is 2.19. The van der Waals surface area contributed by atoms with Crippen molar-refractivity contribution in [1.29, 1.82) is 0 Å². The average Bonchev–Trinajstić information content (AvgIpc) is 2.74. The molecular formula is C12H18N2O3S. The molecule has 0 aromatic carbocycles. The Bertz CT molecular complexity index is 536. The Morgan fingerprint density at radius 3 is 2.67 bits per heavy atom. The Labute approximate surface area is 107 Å². The predicted octanol–water partition coefficient (Wildman–Crippen LogP) is 1.00. The second-order valence-corrected chi connectivity index (χ2v) is 7.59. The molecule has 0 aliphatic carbocycles. The van der Waals surface area contributed by atoms with Crippen LogP contribution in [0, 0.1) is 0 Å². The minimum Gasteiger partial charge on any atom is -0.373 e. The van der Waals surface area contributed by atoms with Crippen molar-refractivity contribution in [3.8, 4) is 0 Å². The van der Waals surface area contributed by atoms with Gasteiger partial charge in [0.1, 0.15) is 21.9 Å². The van der Waals surface area contributed by atoms with Crippen LogP contribution in [0.25, 0.3) is 0 Å². The van der Waals surface area contributed by atoms with Gasteiger partial charge in [-0.25, -0.2) is 13.4 Å². The number of aromatic nitrogens is 2. The first-order valence-electron chi connectivity index (χ1n) is 6.51. The van der Waals surface area contributed by atoms with Crippen molar-refractivity contribution in [2.24, 2.45) is 0 Å². The van der Waals surface area contributed by atoms with Gasteiger partial charge in [0.2, 0.25) is 0 Å². The second kappa shape index (κ2) is 4.35. The monoisotopic (exact) mass is 270 g/mol. The molecule has 2 aliphatic heterocycles. The van der Waals surface area contributed by atoms with Crippen LogP contribution < -0.4 is 0 Å². The van der Waals surface area contributed by atoms with Gasteiger partial charge >= 0.3 is 0 Å². The summed E-state index contributed by atoms with van der Waals surface area (Å²) in [6.45, 7) is 0. The summed E-state index contributed by atoms with van der Waals surface area (Å²) in [5, 5.41) is 9.88. The normalized spacial score (nSPS) is 27.9. The van der Waals surface area contributed by atoms with Crippen LogP contribution in [0.3, 0.4) is 0 Å². The van der Waals surface area contributed by atoms with Crippen molar-refractivity contribution in [2.45, 2.75) is 44.2 Å². The van der Waals surface area contributed by atoms with E-state index in [9.17, 15) is 13.5 Å². The SMILES string of the molecule is O=S1(=O)CCC(c2cn3c(n2)CCCC3O)CC1. The first-order chi connectivity index (χ1) is 8.55. The second-order valence-electron chi connectivity index (χ2n) is 5.29. The summed E-state index contributed by atoms with van der Waals surface area (Å²) in [7, 11) is -2.82. The molecule has 0 radical (unpaired) electrons. The molecule has 0 bridgehead atoms. The molecule has 1 fully saturated rings. The van der Waals surface area contributed by atoms with Crippen LogP contribution in [-0.4, -0.2) is 34.6 Å². The van der Waals surface area contributed by atoms with Gasteiger partial charge in [0.25, 0.3) is 0 Å². The standard InChI is InChI=1S/C12H18N2O3S/c15-12-3-1-2-11-13-10(8-14(11)12)9-4-6-18(16,17)7-5-9/h8-9,12,15H,1-7H2. The predicted molar refractivity (Wildman–Crippen MR) is 67.0 cm³/mol. The van der Waals surface area contributed by atoms with Crippen LogP contribution in [0.5, 0.6) is 0 Å². The highest BCUT2D eigenvalue weighted by Gasteiger charge is 2.28. The lowest BCUT2D eigenvalue weighted by Gasteiger charge is -2.20. The maximum absolute atomic E-state index is 11.4. The Balaban J connectivity index is 1.82. The molecule has 18 heavy (non-hydrogen) atoms. The number of aliphatic hydroxyl groups excluding tert-OH is 1. The molecule has 3 heterocycles. The first-order valence-corrected chi connectivity index (χ1v) is 8.33. The van der Waals surface area contributed by atoms with E-state index in [-0.39, 0.29) is 17.4 Å². The minimum absolute atomic E-state index is 0.235. The Morgan fingerprint density at radius 2 is 2.00 bits per heavy atom.